The summed E-state index contributed by atoms with van der Waals surface area (Å²) in [6, 6.07) is 10.7. The Morgan fingerprint density at radius 3 is 2.46 bits per heavy atom. The molecule has 3 amide bonds. The minimum atomic E-state index is -0.0991. The first-order chi connectivity index (χ1) is 12.6. The van der Waals surface area contributed by atoms with E-state index in [9.17, 15) is 9.59 Å². The van der Waals surface area contributed by atoms with Gasteiger partial charge in [0.25, 0.3) is 5.91 Å². The maximum atomic E-state index is 12.3. The number of urea groups is 1. The number of carbonyl (C=O) groups excluding carboxylic acids is 2. The molecule has 1 saturated heterocycles. The van der Waals surface area contributed by atoms with Gasteiger partial charge in [0.15, 0.2) is 0 Å². The summed E-state index contributed by atoms with van der Waals surface area (Å²) in [7, 11) is 0. The van der Waals surface area contributed by atoms with Crippen molar-refractivity contribution in [1.29, 1.82) is 0 Å². The number of rotatable bonds is 5. The van der Waals surface area contributed by atoms with Gasteiger partial charge in [-0.15, -0.1) is 11.3 Å². The highest BCUT2D eigenvalue weighted by molar-refractivity contribution is 7.12. The Bertz CT molecular complexity index is 728. The first kappa shape index (κ1) is 18.7. The van der Waals surface area contributed by atoms with Crippen molar-refractivity contribution in [2.75, 3.05) is 44.6 Å². The quantitative estimate of drug-likeness (QED) is 0.822. The van der Waals surface area contributed by atoms with Gasteiger partial charge in [-0.05, 0) is 35.7 Å². The third-order valence-corrected chi connectivity index (χ3v) is 5.33. The average molecular weight is 393 g/mol. The van der Waals surface area contributed by atoms with Crippen LogP contribution in [0, 0.1) is 0 Å². The summed E-state index contributed by atoms with van der Waals surface area (Å²) in [5.41, 5.74) is 0.734. The summed E-state index contributed by atoms with van der Waals surface area (Å²) >= 11 is 7.29. The molecule has 0 bridgehead atoms. The minimum Gasteiger partial charge on any atom is -0.350 e. The monoisotopic (exact) mass is 392 g/mol. The van der Waals surface area contributed by atoms with E-state index in [1.165, 1.54) is 11.3 Å². The van der Waals surface area contributed by atoms with Crippen molar-refractivity contribution in [2.45, 2.75) is 0 Å². The average Bonchev–Trinajstić information content (AvgIpc) is 3.19. The van der Waals surface area contributed by atoms with Crippen LogP contribution in [0.25, 0.3) is 0 Å². The van der Waals surface area contributed by atoms with Gasteiger partial charge < -0.3 is 15.5 Å². The SMILES string of the molecule is O=C(NCCN1CCN(C(=O)Nc2ccc(Cl)cc2)CC1)c1cccs1. The standard InChI is InChI=1S/C18H21ClN4O2S/c19-14-3-5-15(6-4-14)21-18(25)23-11-9-22(10-12-23)8-7-20-17(24)16-2-1-13-26-16/h1-6,13H,7-12H2,(H,20,24)(H,21,25). The van der Waals surface area contributed by atoms with Crippen LogP contribution < -0.4 is 10.6 Å². The number of thiophene rings is 1. The molecule has 1 aromatic heterocycles. The van der Waals surface area contributed by atoms with Gasteiger partial charge >= 0.3 is 6.03 Å². The largest absolute Gasteiger partial charge is 0.350 e. The van der Waals surface area contributed by atoms with Crippen LogP contribution in [0.1, 0.15) is 9.67 Å². The molecular weight excluding hydrogens is 372 g/mol. The number of anilines is 1. The molecule has 2 heterocycles. The maximum Gasteiger partial charge on any atom is 0.321 e. The number of hydrogen-bond acceptors (Lipinski definition) is 4. The molecule has 3 rings (SSSR count). The van der Waals surface area contributed by atoms with Gasteiger partial charge in [-0.3, -0.25) is 9.69 Å². The molecule has 1 aliphatic rings. The lowest BCUT2D eigenvalue weighted by molar-refractivity contribution is 0.0946. The van der Waals surface area contributed by atoms with Crippen molar-refractivity contribution < 1.29 is 9.59 Å². The van der Waals surface area contributed by atoms with E-state index < -0.39 is 0 Å². The lowest BCUT2D eigenvalue weighted by atomic mass is 10.3. The molecule has 0 aliphatic carbocycles. The highest BCUT2D eigenvalue weighted by atomic mass is 35.5. The molecule has 2 N–H and O–H groups in total. The second kappa shape index (κ2) is 9.02. The molecule has 2 aromatic rings. The summed E-state index contributed by atoms with van der Waals surface area (Å²) in [5.74, 6) is -0.0269. The van der Waals surface area contributed by atoms with Crippen LogP contribution in [0.4, 0.5) is 10.5 Å². The zero-order valence-electron chi connectivity index (χ0n) is 14.3. The molecule has 26 heavy (non-hydrogen) atoms. The second-order valence-electron chi connectivity index (χ2n) is 6.00. The van der Waals surface area contributed by atoms with E-state index >= 15 is 0 Å². The van der Waals surface area contributed by atoms with Crippen LogP contribution in [0.3, 0.4) is 0 Å². The highest BCUT2D eigenvalue weighted by Gasteiger charge is 2.21. The second-order valence-corrected chi connectivity index (χ2v) is 7.38. The highest BCUT2D eigenvalue weighted by Crippen LogP contribution is 2.14. The number of benzene rings is 1. The Kier molecular flexibility index (Phi) is 6.49. The summed E-state index contributed by atoms with van der Waals surface area (Å²) in [6.45, 7) is 4.31. The van der Waals surface area contributed by atoms with Gasteiger partial charge in [0.2, 0.25) is 0 Å². The Labute approximate surface area is 161 Å². The molecule has 0 spiro atoms. The van der Waals surface area contributed by atoms with Crippen molar-refractivity contribution in [3.63, 3.8) is 0 Å². The smallest absolute Gasteiger partial charge is 0.321 e. The van der Waals surface area contributed by atoms with Gasteiger partial charge in [0.1, 0.15) is 0 Å². The number of hydrogen-bond donors (Lipinski definition) is 2. The molecule has 1 fully saturated rings. The molecule has 138 valence electrons. The minimum absolute atomic E-state index is 0.0269. The van der Waals surface area contributed by atoms with Crippen LogP contribution in [-0.2, 0) is 0 Å². The normalized spacial score (nSPS) is 14.9. The maximum absolute atomic E-state index is 12.3. The van der Waals surface area contributed by atoms with Gasteiger partial charge in [-0.1, -0.05) is 17.7 Å². The first-order valence-corrected chi connectivity index (χ1v) is 9.73. The van der Waals surface area contributed by atoms with E-state index in [1.54, 1.807) is 29.2 Å². The lowest BCUT2D eigenvalue weighted by Gasteiger charge is -2.34. The Hall–Kier alpha value is -2.09. The molecule has 8 heteroatoms. The molecule has 0 radical (unpaired) electrons. The van der Waals surface area contributed by atoms with E-state index in [2.05, 4.69) is 15.5 Å². The molecule has 1 aromatic carbocycles. The zero-order chi connectivity index (χ0) is 18.4. The van der Waals surface area contributed by atoms with E-state index in [4.69, 9.17) is 11.6 Å². The van der Waals surface area contributed by atoms with Crippen molar-refractivity contribution in [3.8, 4) is 0 Å². The fraction of sp³-hybridized carbons (Fsp3) is 0.333. The number of amides is 3. The molecule has 0 atom stereocenters. The Balaban J connectivity index is 1.36. The van der Waals surface area contributed by atoms with Crippen LogP contribution in [0.2, 0.25) is 5.02 Å². The molecule has 6 nitrogen and oxygen atoms in total. The van der Waals surface area contributed by atoms with Crippen LogP contribution in [0.5, 0.6) is 0 Å². The van der Waals surface area contributed by atoms with Gasteiger partial charge in [-0.2, -0.15) is 0 Å². The molecule has 0 saturated carbocycles. The number of carbonyl (C=O) groups is 2. The number of halogens is 1. The number of nitrogens with one attached hydrogen (secondary N) is 2. The van der Waals surface area contributed by atoms with Crippen molar-refractivity contribution in [1.82, 2.24) is 15.1 Å². The topological polar surface area (TPSA) is 64.7 Å². The van der Waals surface area contributed by atoms with Crippen molar-refractivity contribution in [3.05, 3.63) is 51.7 Å². The Morgan fingerprint density at radius 2 is 1.81 bits per heavy atom. The zero-order valence-corrected chi connectivity index (χ0v) is 15.9. The van der Waals surface area contributed by atoms with Gasteiger partial charge in [0, 0.05) is 50.0 Å². The fourth-order valence-corrected chi connectivity index (χ4v) is 3.50. The van der Waals surface area contributed by atoms with Crippen molar-refractivity contribution >= 4 is 40.6 Å². The third kappa shape index (κ3) is 5.20. The predicted molar refractivity (Wildman–Crippen MR) is 105 cm³/mol. The summed E-state index contributed by atoms with van der Waals surface area (Å²) in [6.07, 6.45) is 0. The first-order valence-electron chi connectivity index (χ1n) is 8.47. The lowest BCUT2D eigenvalue weighted by Crippen LogP contribution is -2.51. The Morgan fingerprint density at radius 1 is 1.08 bits per heavy atom. The molecule has 1 aliphatic heterocycles. The molecular formula is C18H21ClN4O2S. The summed E-state index contributed by atoms with van der Waals surface area (Å²) in [5, 5.41) is 8.34. The van der Waals surface area contributed by atoms with Crippen molar-refractivity contribution in [2.24, 2.45) is 0 Å². The van der Waals surface area contributed by atoms with E-state index in [1.807, 2.05) is 17.5 Å². The van der Waals surface area contributed by atoms with E-state index in [-0.39, 0.29) is 11.9 Å². The van der Waals surface area contributed by atoms with Gasteiger partial charge in [-0.25, -0.2) is 4.79 Å². The van der Waals surface area contributed by atoms with Gasteiger partial charge in [0.05, 0.1) is 4.88 Å². The van der Waals surface area contributed by atoms with Crippen LogP contribution >= 0.6 is 22.9 Å². The summed E-state index contributed by atoms with van der Waals surface area (Å²) < 4.78 is 0. The third-order valence-electron chi connectivity index (χ3n) is 4.21. The summed E-state index contributed by atoms with van der Waals surface area (Å²) in [4.78, 5) is 29.0. The predicted octanol–water partition coefficient (Wildman–Crippen LogP) is 2.98. The fourth-order valence-electron chi connectivity index (χ4n) is 2.73. The van der Waals surface area contributed by atoms with E-state index in [0.29, 0.717) is 24.7 Å². The van der Waals surface area contributed by atoms with E-state index in [0.717, 1.165) is 30.2 Å². The number of nitrogens with zero attached hydrogens (tertiary/aromatic N) is 2. The van der Waals surface area contributed by atoms with Crippen LogP contribution in [-0.4, -0.2) is 61.0 Å². The van der Waals surface area contributed by atoms with Crippen LogP contribution in [0.15, 0.2) is 41.8 Å². The number of piperazine rings is 1. The molecule has 0 unspecified atom stereocenters.